The Morgan fingerprint density at radius 3 is 2.04 bits per heavy atom. The number of ether oxygens (including phenoxy) is 1. The van der Waals surface area contributed by atoms with Crippen molar-refractivity contribution < 1.29 is 55.2 Å². The number of aliphatic hydroxyl groups excluding tert-OH is 8. The average molecular weight is 383 g/mol. The standard InChI is InChI=1S/C14H25NO11/c1-4(18)15-7(10(22)8(20)5(19)2-16)11(23)14-13(25)12(24)9(21)6(3-17)26-14/h5-10,12-14,16-17,19-22,24-25H,2-3H2,1H3,(H,15,18)/t5-,6-,7-,8-,9-,10-,12+,13+,14?/m1/s1. The van der Waals surface area contributed by atoms with Gasteiger partial charge in [0.2, 0.25) is 5.91 Å². The zero-order chi connectivity index (χ0) is 20.2. The summed E-state index contributed by atoms with van der Waals surface area (Å²) in [5.74, 6) is -1.99. The number of hydrogen-bond donors (Lipinski definition) is 9. The van der Waals surface area contributed by atoms with Crippen molar-refractivity contribution in [3.05, 3.63) is 0 Å². The predicted molar refractivity (Wildman–Crippen MR) is 81.5 cm³/mol. The van der Waals surface area contributed by atoms with Crippen molar-refractivity contribution >= 4 is 11.7 Å². The Morgan fingerprint density at radius 2 is 1.58 bits per heavy atom. The van der Waals surface area contributed by atoms with Crippen LogP contribution in [-0.2, 0) is 14.3 Å². The molecule has 0 saturated carbocycles. The molecule has 0 aromatic rings. The van der Waals surface area contributed by atoms with Crippen molar-refractivity contribution in [3.63, 3.8) is 0 Å². The van der Waals surface area contributed by atoms with Crippen LogP contribution in [-0.4, -0.2) is 121 Å². The zero-order valence-electron chi connectivity index (χ0n) is 13.9. The molecular weight excluding hydrogens is 358 g/mol. The number of rotatable bonds is 8. The van der Waals surface area contributed by atoms with Crippen molar-refractivity contribution in [2.45, 2.75) is 61.8 Å². The molecule has 1 amide bonds. The Hall–Kier alpha value is -1.22. The molecule has 1 aliphatic heterocycles. The molecule has 12 heteroatoms. The highest BCUT2D eigenvalue weighted by atomic mass is 16.5. The largest absolute Gasteiger partial charge is 0.394 e. The second kappa shape index (κ2) is 9.64. The van der Waals surface area contributed by atoms with E-state index < -0.39 is 79.8 Å². The number of carbonyl (C=O) groups excluding carboxylic acids is 2. The van der Waals surface area contributed by atoms with E-state index in [1.807, 2.05) is 5.32 Å². The van der Waals surface area contributed by atoms with Gasteiger partial charge in [-0.15, -0.1) is 0 Å². The second-order valence-electron chi connectivity index (χ2n) is 6.06. The topological polar surface area (TPSA) is 217 Å². The molecule has 1 aliphatic rings. The lowest BCUT2D eigenvalue weighted by Gasteiger charge is -2.41. The highest BCUT2D eigenvalue weighted by Gasteiger charge is 2.49. The Bertz CT molecular complexity index is 488. The summed E-state index contributed by atoms with van der Waals surface area (Å²) in [5.41, 5.74) is 0. The molecule has 0 radical (unpaired) electrons. The first-order chi connectivity index (χ1) is 12.1. The minimum Gasteiger partial charge on any atom is -0.394 e. The van der Waals surface area contributed by atoms with Crippen LogP contribution < -0.4 is 5.32 Å². The molecule has 1 heterocycles. The minimum absolute atomic E-state index is 0.798. The van der Waals surface area contributed by atoms with Crippen molar-refractivity contribution in [1.82, 2.24) is 5.32 Å². The first-order valence-corrected chi connectivity index (χ1v) is 7.83. The van der Waals surface area contributed by atoms with Gasteiger partial charge in [-0.3, -0.25) is 9.59 Å². The number of hydrogen-bond acceptors (Lipinski definition) is 11. The van der Waals surface area contributed by atoms with E-state index in [4.69, 9.17) is 14.9 Å². The maximum absolute atomic E-state index is 12.6. The van der Waals surface area contributed by atoms with E-state index >= 15 is 0 Å². The van der Waals surface area contributed by atoms with Gasteiger partial charge in [0.15, 0.2) is 5.78 Å². The van der Waals surface area contributed by atoms with E-state index in [1.54, 1.807) is 0 Å². The first-order valence-electron chi connectivity index (χ1n) is 7.83. The molecule has 152 valence electrons. The van der Waals surface area contributed by atoms with Gasteiger partial charge in [0, 0.05) is 6.92 Å². The van der Waals surface area contributed by atoms with Crippen LogP contribution in [0.4, 0.5) is 0 Å². The summed E-state index contributed by atoms with van der Waals surface area (Å²) < 4.78 is 5.06. The van der Waals surface area contributed by atoms with Gasteiger partial charge >= 0.3 is 0 Å². The van der Waals surface area contributed by atoms with Gasteiger partial charge in [-0.05, 0) is 0 Å². The number of nitrogens with one attached hydrogen (secondary N) is 1. The lowest BCUT2D eigenvalue weighted by Crippen LogP contribution is -2.65. The maximum atomic E-state index is 12.6. The summed E-state index contributed by atoms with van der Waals surface area (Å²) in [5, 5.41) is 78.7. The van der Waals surface area contributed by atoms with Crippen molar-refractivity contribution in [1.29, 1.82) is 0 Å². The smallest absolute Gasteiger partial charge is 0.217 e. The third-order valence-corrected chi connectivity index (χ3v) is 4.11. The lowest BCUT2D eigenvalue weighted by molar-refractivity contribution is -0.228. The Labute approximate surface area is 148 Å². The summed E-state index contributed by atoms with van der Waals surface area (Å²) in [6.07, 6.45) is -14.8. The quantitative estimate of drug-likeness (QED) is 0.192. The summed E-state index contributed by atoms with van der Waals surface area (Å²) in [7, 11) is 0. The molecule has 9 N–H and O–H groups in total. The molecule has 12 nitrogen and oxygen atoms in total. The van der Waals surface area contributed by atoms with E-state index in [1.165, 1.54) is 0 Å². The number of Topliss-reactive ketones (excluding diaryl/α,β-unsaturated/α-hetero) is 1. The molecule has 1 rings (SSSR count). The lowest BCUT2D eigenvalue weighted by atomic mass is 9.88. The molecule has 0 bridgehead atoms. The highest BCUT2D eigenvalue weighted by Crippen LogP contribution is 2.23. The third-order valence-electron chi connectivity index (χ3n) is 4.11. The van der Waals surface area contributed by atoms with Gasteiger partial charge in [0.1, 0.15) is 54.9 Å². The van der Waals surface area contributed by atoms with Crippen LogP contribution in [0.25, 0.3) is 0 Å². The molecule has 1 fully saturated rings. The fraction of sp³-hybridized carbons (Fsp3) is 0.857. The van der Waals surface area contributed by atoms with Crippen molar-refractivity contribution in [3.8, 4) is 0 Å². The molecule has 26 heavy (non-hydrogen) atoms. The predicted octanol–water partition coefficient (Wildman–Crippen LogP) is -6.02. The van der Waals surface area contributed by atoms with Crippen LogP contribution in [0.3, 0.4) is 0 Å². The number of ketones is 1. The van der Waals surface area contributed by atoms with E-state index in [2.05, 4.69) is 0 Å². The van der Waals surface area contributed by atoms with Gasteiger partial charge < -0.3 is 50.9 Å². The Balaban J connectivity index is 3.09. The van der Waals surface area contributed by atoms with Crippen LogP contribution in [0.2, 0.25) is 0 Å². The minimum atomic E-state index is -2.10. The van der Waals surface area contributed by atoms with Crippen LogP contribution >= 0.6 is 0 Å². The van der Waals surface area contributed by atoms with E-state index in [0.717, 1.165) is 6.92 Å². The number of aliphatic hydroxyl groups is 8. The second-order valence-corrected chi connectivity index (χ2v) is 6.06. The van der Waals surface area contributed by atoms with E-state index in [9.17, 15) is 40.2 Å². The van der Waals surface area contributed by atoms with Crippen LogP contribution in [0, 0.1) is 0 Å². The van der Waals surface area contributed by atoms with E-state index in [0.29, 0.717) is 0 Å². The Kier molecular flexibility index (Phi) is 8.46. The average Bonchev–Trinajstić information content (AvgIpc) is 2.61. The SMILES string of the molecule is CC(=O)N[C@@H](C(=O)C1O[C@H](CO)[C@@H](O)[C@H](O)[C@@H]1O)[C@@H](O)[C@H](O)[C@H](O)CO. The molecule has 0 spiro atoms. The summed E-state index contributed by atoms with van der Waals surface area (Å²) in [6, 6.07) is -1.88. The van der Waals surface area contributed by atoms with Gasteiger partial charge in [0.25, 0.3) is 0 Å². The normalized spacial score (nSPS) is 33.8. The molecule has 0 aliphatic carbocycles. The number of amides is 1. The number of carbonyl (C=O) groups is 2. The van der Waals surface area contributed by atoms with Crippen LogP contribution in [0.5, 0.6) is 0 Å². The fourth-order valence-electron chi connectivity index (χ4n) is 2.59. The monoisotopic (exact) mass is 383 g/mol. The summed E-state index contributed by atoms with van der Waals surface area (Å²) >= 11 is 0. The molecule has 0 aromatic carbocycles. The van der Waals surface area contributed by atoms with Crippen molar-refractivity contribution in [2.24, 2.45) is 0 Å². The van der Waals surface area contributed by atoms with Gasteiger partial charge in [-0.25, -0.2) is 0 Å². The van der Waals surface area contributed by atoms with Crippen LogP contribution in [0.15, 0.2) is 0 Å². The highest BCUT2D eigenvalue weighted by molar-refractivity contribution is 5.92. The van der Waals surface area contributed by atoms with Gasteiger partial charge in [-0.2, -0.15) is 0 Å². The van der Waals surface area contributed by atoms with Gasteiger partial charge in [-0.1, -0.05) is 0 Å². The van der Waals surface area contributed by atoms with Crippen LogP contribution in [0.1, 0.15) is 6.92 Å². The van der Waals surface area contributed by atoms with Gasteiger partial charge in [0.05, 0.1) is 13.2 Å². The zero-order valence-corrected chi connectivity index (χ0v) is 13.9. The molecule has 1 saturated heterocycles. The van der Waals surface area contributed by atoms with E-state index in [-0.39, 0.29) is 0 Å². The summed E-state index contributed by atoms with van der Waals surface area (Å²) in [4.78, 5) is 24.0. The third kappa shape index (κ3) is 4.94. The molecular formula is C14H25NO11. The maximum Gasteiger partial charge on any atom is 0.217 e. The first kappa shape index (κ1) is 22.8. The molecule has 0 aromatic heterocycles. The molecule has 9 atom stereocenters. The molecule has 1 unspecified atom stereocenters. The summed E-state index contributed by atoms with van der Waals surface area (Å²) in [6.45, 7) is -0.748. The van der Waals surface area contributed by atoms with Crippen molar-refractivity contribution in [2.75, 3.05) is 13.2 Å². The Morgan fingerprint density at radius 1 is 1.00 bits per heavy atom. The fourth-order valence-corrected chi connectivity index (χ4v) is 2.59.